The van der Waals surface area contributed by atoms with Gasteiger partial charge in [-0.15, -0.1) is 0 Å². The normalized spacial score (nSPS) is 13.5. The van der Waals surface area contributed by atoms with Crippen LogP contribution < -0.4 is 5.32 Å². The van der Waals surface area contributed by atoms with E-state index in [1.54, 1.807) is 12.1 Å². The Hall–Kier alpha value is -2.62. The maximum absolute atomic E-state index is 12.0. The zero-order valence-electron chi connectivity index (χ0n) is 13.3. The first-order valence-corrected chi connectivity index (χ1v) is 7.68. The van der Waals surface area contributed by atoms with E-state index in [1.165, 1.54) is 12.7 Å². The fourth-order valence-corrected chi connectivity index (χ4v) is 2.44. The number of benzene rings is 2. The Morgan fingerprint density at radius 2 is 1.74 bits per heavy atom. The average Bonchev–Trinajstić information content (AvgIpc) is 3.39. The third-order valence-electron chi connectivity index (χ3n) is 3.95. The molecule has 0 bridgehead atoms. The number of ether oxygens (including phenoxy) is 1. The van der Waals surface area contributed by atoms with E-state index in [2.05, 4.69) is 5.32 Å². The van der Waals surface area contributed by atoms with Crippen LogP contribution in [0.2, 0.25) is 0 Å². The molecule has 0 aliphatic heterocycles. The molecule has 0 saturated heterocycles. The molecular weight excluding hydrogens is 290 g/mol. The van der Waals surface area contributed by atoms with E-state index < -0.39 is 5.97 Å². The molecule has 1 fully saturated rings. The van der Waals surface area contributed by atoms with Crippen molar-refractivity contribution < 1.29 is 14.3 Å². The second-order valence-corrected chi connectivity index (χ2v) is 5.92. The Balaban J connectivity index is 1.98. The topological polar surface area (TPSA) is 55.4 Å². The molecular formula is C19H19NO3. The van der Waals surface area contributed by atoms with Crippen LogP contribution in [-0.4, -0.2) is 19.0 Å². The van der Waals surface area contributed by atoms with Gasteiger partial charge in [-0.2, -0.15) is 0 Å². The summed E-state index contributed by atoms with van der Waals surface area (Å²) in [6, 6.07) is 13.4. The molecule has 4 nitrogen and oxygen atoms in total. The van der Waals surface area contributed by atoms with Gasteiger partial charge in [-0.25, -0.2) is 4.79 Å². The Labute approximate surface area is 135 Å². The van der Waals surface area contributed by atoms with E-state index in [4.69, 9.17) is 4.74 Å². The summed E-state index contributed by atoms with van der Waals surface area (Å²) in [7, 11) is 1.35. The number of nitrogens with one attached hydrogen (secondary N) is 1. The molecule has 0 spiro atoms. The number of anilines is 1. The van der Waals surface area contributed by atoms with Gasteiger partial charge in [0.25, 0.3) is 0 Å². The molecule has 1 amide bonds. The van der Waals surface area contributed by atoms with Gasteiger partial charge in [0.15, 0.2) is 0 Å². The Kier molecular flexibility index (Phi) is 4.15. The van der Waals surface area contributed by atoms with E-state index in [0.717, 1.165) is 24.0 Å². The quantitative estimate of drug-likeness (QED) is 0.874. The smallest absolute Gasteiger partial charge is 0.337 e. The maximum Gasteiger partial charge on any atom is 0.337 e. The summed E-state index contributed by atoms with van der Waals surface area (Å²) in [4.78, 5) is 23.9. The SMILES string of the molecule is COC(=O)c1cc(NC(=O)C2CC2)cc(-c2ccc(C)cc2)c1. The lowest BCUT2D eigenvalue weighted by atomic mass is 10.0. The van der Waals surface area contributed by atoms with Crippen LogP contribution in [0, 0.1) is 12.8 Å². The number of hydrogen-bond acceptors (Lipinski definition) is 3. The first kappa shape index (κ1) is 15.3. The lowest BCUT2D eigenvalue weighted by Crippen LogP contribution is -2.14. The molecule has 1 saturated carbocycles. The van der Waals surface area contributed by atoms with Crippen molar-refractivity contribution >= 4 is 17.6 Å². The molecule has 3 rings (SSSR count). The Bertz CT molecular complexity index is 746. The number of rotatable bonds is 4. The van der Waals surface area contributed by atoms with Crippen molar-refractivity contribution in [2.45, 2.75) is 19.8 Å². The van der Waals surface area contributed by atoms with E-state index in [1.807, 2.05) is 37.3 Å². The summed E-state index contributed by atoms with van der Waals surface area (Å²) in [5, 5.41) is 2.90. The van der Waals surface area contributed by atoms with Crippen molar-refractivity contribution in [2.75, 3.05) is 12.4 Å². The van der Waals surface area contributed by atoms with E-state index in [-0.39, 0.29) is 11.8 Å². The van der Waals surface area contributed by atoms with Gasteiger partial charge < -0.3 is 10.1 Å². The number of carbonyl (C=O) groups is 2. The molecule has 0 unspecified atom stereocenters. The number of esters is 1. The van der Waals surface area contributed by atoms with Gasteiger partial charge >= 0.3 is 5.97 Å². The minimum atomic E-state index is -0.416. The monoisotopic (exact) mass is 309 g/mol. The van der Waals surface area contributed by atoms with Crippen molar-refractivity contribution in [2.24, 2.45) is 5.92 Å². The zero-order chi connectivity index (χ0) is 16.4. The minimum Gasteiger partial charge on any atom is -0.465 e. The standard InChI is InChI=1S/C19H19NO3/c1-12-3-5-13(6-4-12)15-9-16(19(22)23-2)11-17(10-15)20-18(21)14-7-8-14/h3-6,9-11,14H,7-8H2,1-2H3,(H,20,21). The molecule has 4 heteroatoms. The molecule has 1 aliphatic carbocycles. The molecule has 2 aromatic rings. The van der Waals surface area contributed by atoms with Crippen molar-refractivity contribution in [3.05, 3.63) is 53.6 Å². The predicted molar refractivity (Wildman–Crippen MR) is 89.3 cm³/mol. The van der Waals surface area contributed by atoms with E-state index in [0.29, 0.717) is 11.3 Å². The number of aryl methyl sites for hydroxylation is 1. The fraction of sp³-hybridized carbons (Fsp3) is 0.263. The Morgan fingerprint density at radius 1 is 1.04 bits per heavy atom. The number of carbonyl (C=O) groups excluding carboxylic acids is 2. The zero-order valence-corrected chi connectivity index (χ0v) is 13.3. The lowest BCUT2D eigenvalue weighted by molar-refractivity contribution is -0.117. The summed E-state index contributed by atoms with van der Waals surface area (Å²) in [5.74, 6) is -0.289. The fourth-order valence-electron chi connectivity index (χ4n) is 2.44. The summed E-state index contributed by atoms with van der Waals surface area (Å²) in [6.07, 6.45) is 1.88. The molecule has 0 aromatic heterocycles. The maximum atomic E-state index is 12.0. The van der Waals surface area contributed by atoms with E-state index >= 15 is 0 Å². The molecule has 0 heterocycles. The molecule has 1 N–H and O–H groups in total. The number of methoxy groups -OCH3 is 1. The van der Waals surface area contributed by atoms with Gasteiger partial charge in [-0.3, -0.25) is 4.79 Å². The van der Waals surface area contributed by atoms with Crippen LogP contribution in [0.5, 0.6) is 0 Å². The molecule has 2 aromatic carbocycles. The highest BCUT2D eigenvalue weighted by Gasteiger charge is 2.29. The lowest BCUT2D eigenvalue weighted by Gasteiger charge is -2.11. The second kappa shape index (κ2) is 6.24. The molecule has 0 radical (unpaired) electrons. The first-order valence-electron chi connectivity index (χ1n) is 7.68. The van der Waals surface area contributed by atoms with Crippen LogP contribution >= 0.6 is 0 Å². The van der Waals surface area contributed by atoms with Crippen LogP contribution in [-0.2, 0) is 9.53 Å². The highest BCUT2D eigenvalue weighted by atomic mass is 16.5. The second-order valence-electron chi connectivity index (χ2n) is 5.92. The number of hydrogen-bond donors (Lipinski definition) is 1. The highest BCUT2D eigenvalue weighted by molar-refractivity contribution is 5.98. The van der Waals surface area contributed by atoms with Crippen LogP contribution in [0.3, 0.4) is 0 Å². The van der Waals surface area contributed by atoms with Gasteiger partial charge in [-0.1, -0.05) is 29.8 Å². The Morgan fingerprint density at radius 3 is 2.35 bits per heavy atom. The van der Waals surface area contributed by atoms with Crippen molar-refractivity contribution in [1.29, 1.82) is 0 Å². The van der Waals surface area contributed by atoms with Crippen LogP contribution in [0.1, 0.15) is 28.8 Å². The average molecular weight is 309 g/mol. The predicted octanol–water partition coefficient (Wildman–Crippen LogP) is 3.80. The molecule has 0 atom stereocenters. The van der Waals surface area contributed by atoms with Gasteiger partial charge in [0.05, 0.1) is 12.7 Å². The van der Waals surface area contributed by atoms with Crippen LogP contribution in [0.4, 0.5) is 5.69 Å². The van der Waals surface area contributed by atoms with Gasteiger partial charge in [0.1, 0.15) is 0 Å². The highest BCUT2D eigenvalue weighted by Crippen LogP contribution is 2.31. The summed E-state index contributed by atoms with van der Waals surface area (Å²) in [6.45, 7) is 2.02. The van der Waals surface area contributed by atoms with Crippen molar-refractivity contribution in [3.8, 4) is 11.1 Å². The summed E-state index contributed by atoms with van der Waals surface area (Å²) >= 11 is 0. The minimum absolute atomic E-state index is 0.0156. The van der Waals surface area contributed by atoms with Crippen LogP contribution in [0.25, 0.3) is 11.1 Å². The van der Waals surface area contributed by atoms with Crippen LogP contribution in [0.15, 0.2) is 42.5 Å². The third kappa shape index (κ3) is 3.59. The van der Waals surface area contributed by atoms with Gasteiger partial charge in [0.2, 0.25) is 5.91 Å². The number of amides is 1. The molecule has 23 heavy (non-hydrogen) atoms. The third-order valence-corrected chi connectivity index (χ3v) is 3.95. The van der Waals surface area contributed by atoms with Gasteiger partial charge in [-0.05, 0) is 49.1 Å². The molecule has 118 valence electrons. The van der Waals surface area contributed by atoms with Crippen molar-refractivity contribution in [3.63, 3.8) is 0 Å². The summed E-state index contributed by atoms with van der Waals surface area (Å²) < 4.78 is 4.81. The first-order chi connectivity index (χ1) is 11.1. The largest absolute Gasteiger partial charge is 0.465 e. The molecule has 1 aliphatic rings. The van der Waals surface area contributed by atoms with E-state index in [9.17, 15) is 9.59 Å². The summed E-state index contributed by atoms with van der Waals surface area (Å²) in [5.41, 5.74) is 4.08. The van der Waals surface area contributed by atoms with Gasteiger partial charge in [0, 0.05) is 11.6 Å². The van der Waals surface area contributed by atoms with Crippen molar-refractivity contribution in [1.82, 2.24) is 0 Å².